The number of hydrogen-bond donors (Lipinski definition) is 2. The molecule has 8 nitrogen and oxygen atoms in total. The molecule has 0 saturated heterocycles. The van der Waals surface area contributed by atoms with Gasteiger partial charge in [-0.1, -0.05) is 54.1 Å². The minimum Gasteiger partial charge on any atom is -0.390 e. The molecule has 1 saturated carbocycles. The number of nitrogens with two attached hydrogens (primary N) is 1. The molecule has 4 heterocycles. The molecule has 1 aliphatic carbocycles. The van der Waals surface area contributed by atoms with Gasteiger partial charge in [0.1, 0.15) is 5.69 Å². The summed E-state index contributed by atoms with van der Waals surface area (Å²) >= 11 is 0. The highest BCUT2D eigenvalue weighted by molar-refractivity contribution is 5.93. The van der Waals surface area contributed by atoms with Crippen LogP contribution >= 0.6 is 0 Å². The Balaban J connectivity index is 1.42. The van der Waals surface area contributed by atoms with Gasteiger partial charge >= 0.3 is 5.82 Å². The lowest BCUT2D eigenvalue weighted by Gasteiger charge is -2.51. The first kappa shape index (κ1) is 23.6. The molecule has 3 N–H and O–H groups in total. The van der Waals surface area contributed by atoms with Crippen LogP contribution in [0.5, 0.6) is 0 Å². The van der Waals surface area contributed by atoms with Crippen LogP contribution in [-0.2, 0) is 5.54 Å². The van der Waals surface area contributed by atoms with Gasteiger partial charge in [0.25, 0.3) is 5.65 Å². The minimum atomic E-state index is -0.671. The second-order valence-corrected chi connectivity index (χ2v) is 10.5. The molecule has 192 valence electrons. The molecule has 0 unspecified atom stereocenters. The fourth-order valence-electron chi connectivity index (χ4n) is 5.76. The zero-order valence-electron chi connectivity index (χ0n) is 21.6. The van der Waals surface area contributed by atoms with Crippen LogP contribution in [0.2, 0.25) is 0 Å². The SMILES string of the molecule is CCC1(O)CC(N)(c2ccc(-n3nc(-c4ncccn4)[n+]4ccc5ncc(-c6ccccc6)cc5c34)cc2)C1. The number of fused-ring (bicyclic) bond motifs is 3. The summed E-state index contributed by atoms with van der Waals surface area (Å²) in [5.74, 6) is 1.16. The van der Waals surface area contributed by atoms with Gasteiger partial charge in [-0.15, -0.1) is 0 Å². The molecule has 2 aromatic carbocycles. The highest BCUT2D eigenvalue weighted by atomic mass is 16.3. The van der Waals surface area contributed by atoms with Gasteiger partial charge in [0.15, 0.2) is 0 Å². The molecule has 0 amide bonds. The number of aromatic nitrogens is 6. The maximum Gasteiger partial charge on any atom is 0.351 e. The van der Waals surface area contributed by atoms with Crippen LogP contribution in [0.1, 0.15) is 31.7 Å². The molecule has 7 rings (SSSR count). The summed E-state index contributed by atoms with van der Waals surface area (Å²) in [5, 5.41) is 16.5. The van der Waals surface area contributed by atoms with Crippen LogP contribution in [0.3, 0.4) is 0 Å². The largest absolute Gasteiger partial charge is 0.390 e. The summed E-state index contributed by atoms with van der Waals surface area (Å²) < 4.78 is 3.93. The predicted octanol–water partition coefficient (Wildman–Crippen LogP) is 4.37. The van der Waals surface area contributed by atoms with Gasteiger partial charge in [-0.25, -0.2) is 9.97 Å². The molecule has 39 heavy (non-hydrogen) atoms. The summed E-state index contributed by atoms with van der Waals surface area (Å²) in [6.45, 7) is 2.00. The van der Waals surface area contributed by atoms with Crippen LogP contribution in [0.4, 0.5) is 0 Å². The molecule has 0 spiro atoms. The van der Waals surface area contributed by atoms with Crippen LogP contribution in [-0.4, -0.2) is 35.4 Å². The molecule has 4 aromatic heterocycles. The van der Waals surface area contributed by atoms with E-state index in [2.05, 4.69) is 28.2 Å². The van der Waals surface area contributed by atoms with Crippen molar-refractivity contribution in [1.29, 1.82) is 0 Å². The molecule has 0 atom stereocenters. The van der Waals surface area contributed by atoms with Crippen molar-refractivity contribution in [3.05, 3.63) is 103 Å². The van der Waals surface area contributed by atoms with E-state index in [0.717, 1.165) is 38.9 Å². The standard InChI is InChI=1S/C31H28N7O/c1-2-30(39)19-31(32,20-30)23-9-11-24(12-10-23)38-29-25-17-22(21-7-4-3-5-8-21)18-35-26(25)13-16-37(29)28(36-38)27-33-14-6-15-34-27/h3-18,39H,2,19-20,32H2,1H3/q+1. The molecule has 0 bridgehead atoms. The van der Waals surface area contributed by atoms with Gasteiger partial charge in [-0.2, -0.15) is 4.40 Å². The third kappa shape index (κ3) is 3.88. The van der Waals surface area contributed by atoms with Crippen molar-refractivity contribution in [3.63, 3.8) is 0 Å². The second kappa shape index (κ2) is 8.76. The van der Waals surface area contributed by atoms with Crippen molar-refractivity contribution in [2.24, 2.45) is 5.73 Å². The first-order chi connectivity index (χ1) is 19.0. The Hall–Kier alpha value is -4.53. The molecule has 0 radical (unpaired) electrons. The highest BCUT2D eigenvalue weighted by Gasteiger charge is 2.51. The molecule has 0 aliphatic heterocycles. The zero-order chi connectivity index (χ0) is 26.6. The monoisotopic (exact) mass is 514 g/mol. The van der Waals surface area contributed by atoms with E-state index >= 15 is 0 Å². The van der Waals surface area contributed by atoms with Crippen molar-refractivity contribution in [2.75, 3.05) is 0 Å². The van der Waals surface area contributed by atoms with E-state index in [-0.39, 0.29) is 0 Å². The Morgan fingerprint density at radius 3 is 2.38 bits per heavy atom. The van der Waals surface area contributed by atoms with E-state index < -0.39 is 11.1 Å². The molecule has 1 fully saturated rings. The fourth-order valence-corrected chi connectivity index (χ4v) is 5.76. The van der Waals surface area contributed by atoms with E-state index in [0.29, 0.717) is 30.9 Å². The van der Waals surface area contributed by atoms with Gasteiger partial charge in [-0.05, 0) is 60.7 Å². The summed E-state index contributed by atoms with van der Waals surface area (Å²) in [4.78, 5) is 13.7. The van der Waals surface area contributed by atoms with Crippen LogP contribution in [0.25, 0.3) is 45.0 Å². The van der Waals surface area contributed by atoms with Crippen LogP contribution in [0, 0.1) is 0 Å². The van der Waals surface area contributed by atoms with Crippen molar-refractivity contribution >= 4 is 16.6 Å². The third-order valence-electron chi connectivity index (χ3n) is 7.90. The molecule has 1 aliphatic rings. The number of benzene rings is 2. The van der Waals surface area contributed by atoms with E-state index in [1.807, 2.05) is 76.9 Å². The van der Waals surface area contributed by atoms with Crippen LogP contribution < -0.4 is 10.1 Å². The van der Waals surface area contributed by atoms with E-state index in [4.69, 9.17) is 15.8 Å². The summed E-state index contributed by atoms with van der Waals surface area (Å²) in [7, 11) is 0. The Kier molecular flexibility index (Phi) is 5.30. The first-order valence-electron chi connectivity index (χ1n) is 13.1. The number of pyridine rings is 2. The second-order valence-electron chi connectivity index (χ2n) is 10.5. The molecule has 8 heteroatoms. The normalized spacial score (nSPS) is 20.8. The van der Waals surface area contributed by atoms with Gasteiger partial charge in [-0.3, -0.25) is 4.98 Å². The maximum absolute atomic E-state index is 10.6. The van der Waals surface area contributed by atoms with Crippen molar-refractivity contribution in [2.45, 2.75) is 37.3 Å². The summed E-state index contributed by atoms with van der Waals surface area (Å²) in [6.07, 6.45) is 9.13. The Labute approximate surface area is 225 Å². The first-order valence-corrected chi connectivity index (χ1v) is 13.1. The van der Waals surface area contributed by atoms with Gasteiger partial charge in [0.05, 0.1) is 27.8 Å². The fraction of sp³-hybridized carbons (Fsp3) is 0.194. The average Bonchev–Trinajstić information content (AvgIpc) is 3.37. The van der Waals surface area contributed by atoms with Crippen molar-refractivity contribution in [3.8, 4) is 28.5 Å². The number of rotatable bonds is 5. The molecule has 6 aromatic rings. The number of hydrogen-bond acceptors (Lipinski definition) is 6. The summed E-state index contributed by atoms with van der Waals surface area (Å²) in [6, 6.07) is 24.3. The summed E-state index contributed by atoms with van der Waals surface area (Å²) in [5.41, 5.74) is 11.2. The third-order valence-corrected chi connectivity index (χ3v) is 7.90. The lowest BCUT2D eigenvalue weighted by Crippen LogP contribution is -2.59. The quantitative estimate of drug-likeness (QED) is 0.331. The Morgan fingerprint density at radius 2 is 1.67 bits per heavy atom. The smallest absolute Gasteiger partial charge is 0.351 e. The average molecular weight is 515 g/mol. The topological polar surface area (TPSA) is 107 Å². The predicted molar refractivity (Wildman–Crippen MR) is 149 cm³/mol. The molecular formula is C31H28N7O+. The number of aliphatic hydroxyl groups is 1. The van der Waals surface area contributed by atoms with E-state index in [9.17, 15) is 5.11 Å². The van der Waals surface area contributed by atoms with E-state index in [1.165, 1.54) is 0 Å². The molecular weight excluding hydrogens is 486 g/mol. The lowest BCUT2D eigenvalue weighted by molar-refractivity contribution is -0.499. The van der Waals surface area contributed by atoms with Crippen molar-refractivity contribution < 1.29 is 9.51 Å². The Bertz CT molecular complexity index is 1810. The lowest BCUT2D eigenvalue weighted by atomic mass is 9.61. The number of nitrogens with zero attached hydrogens (tertiary/aromatic N) is 6. The Morgan fingerprint density at radius 1 is 0.923 bits per heavy atom. The van der Waals surface area contributed by atoms with Crippen LogP contribution in [0.15, 0.2) is 97.6 Å². The maximum atomic E-state index is 10.6. The zero-order valence-corrected chi connectivity index (χ0v) is 21.6. The minimum absolute atomic E-state index is 0.519. The van der Waals surface area contributed by atoms with Crippen molar-refractivity contribution in [1.82, 2.24) is 24.7 Å². The highest BCUT2D eigenvalue weighted by Crippen LogP contribution is 2.48. The van der Waals surface area contributed by atoms with Gasteiger partial charge in [0.2, 0.25) is 5.82 Å². The van der Waals surface area contributed by atoms with E-state index in [1.54, 1.807) is 18.5 Å². The van der Waals surface area contributed by atoms with Gasteiger partial charge < -0.3 is 10.8 Å². The van der Waals surface area contributed by atoms with Gasteiger partial charge in [0, 0.05) is 29.7 Å².